The topological polar surface area (TPSA) is 94.2 Å². The maximum absolute atomic E-state index is 12.2. The van der Waals surface area contributed by atoms with E-state index in [1.54, 1.807) is 4.90 Å². The maximum Gasteiger partial charge on any atom is 0.410 e. The fraction of sp³-hybridized carbons (Fsp3) is 0.609. The van der Waals surface area contributed by atoms with Crippen LogP contribution in [-0.4, -0.2) is 54.9 Å². The molecule has 8 heteroatoms. The van der Waals surface area contributed by atoms with Gasteiger partial charge < -0.3 is 24.4 Å². The molecule has 1 aromatic rings. The maximum atomic E-state index is 12.2. The molecule has 1 heterocycles. The molecule has 2 fully saturated rings. The smallest absolute Gasteiger partial charge is 0.410 e. The first-order valence-electron chi connectivity index (χ1n) is 10.6. The summed E-state index contributed by atoms with van der Waals surface area (Å²) in [4.78, 5) is 38.2. The molecule has 0 radical (unpaired) electrons. The van der Waals surface area contributed by atoms with E-state index in [0.717, 1.165) is 18.4 Å². The van der Waals surface area contributed by atoms with Crippen molar-refractivity contribution in [3.8, 4) is 0 Å². The quantitative estimate of drug-likeness (QED) is 0.546. The van der Waals surface area contributed by atoms with Crippen LogP contribution in [-0.2, 0) is 25.6 Å². The number of ether oxygens (including phenoxy) is 3. The molecule has 8 nitrogen and oxygen atoms in total. The minimum atomic E-state index is -0.752. The van der Waals surface area contributed by atoms with Gasteiger partial charge in [-0.15, -0.1) is 0 Å². The van der Waals surface area contributed by atoms with Gasteiger partial charge in [-0.25, -0.2) is 14.4 Å². The van der Waals surface area contributed by atoms with Gasteiger partial charge in [0, 0.05) is 18.5 Å². The van der Waals surface area contributed by atoms with Crippen molar-refractivity contribution in [2.45, 2.75) is 58.3 Å². The zero-order valence-corrected chi connectivity index (χ0v) is 18.7. The lowest BCUT2D eigenvalue weighted by Gasteiger charge is -2.59. The number of carbonyl (C=O) groups excluding carboxylic acids is 3. The molecule has 2 aliphatic rings. The summed E-state index contributed by atoms with van der Waals surface area (Å²) in [5, 5.41) is 2.63. The number of benzene rings is 1. The number of hydrogen-bond donors (Lipinski definition) is 1. The molecule has 2 amide bonds. The van der Waals surface area contributed by atoms with E-state index in [4.69, 9.17) is 14.2 Å². The van der Waals surface area contributed by atoms with Crippen LogP contribution in [0.25, 0.3) is 0 Å². The zero-order chi connectivity index (χ0) is 22.6. The molecule has 1 aromatic carbocycles. The fourth-order valence-electron chi connectivity index (χ4n) is 4.41. The van der Waals surface area contributed by atoms with Gasteiger partial charge in [0.25, 0.3) is 0 Å². The first-order chi connectivity index (χ1) is 14.6. The highest BCUT2D eigenvalue weighted by molar-refractivity contribution is 5.81. The molecule has 1 atom stereocenters. The second-order valence-corrected chi connectivity index (χ2v) is 9.63. The standard InChI is InChI=1S/C23H32N2O6/c1-22(2,3)31-21(28)25-14-23(15-25)11-17(12-23)10-18(19(26)29-4)24-20(27)30-13-16-8-6-5-7-9-16/h5-9,17-18H,10-15H2,1-4H3,(H,24,27). The van der Waals surface area contributed by atoms with Crippen molar-refractivity contribution < 1.29 is 28.6 Å². The van der Waals surface area contributed by atoms with Gasteiger partial charge >= 0.3 is 18.2 Å². The van der Waals surface area contributed by atoms with Crippen LogP contribution in [0.3, 0.4) is 0 Å². The van der Waals surface area contributed by atoms with E-state index >= 15 is 0 Å². The third kappa shape index (κ3) is 6.12. The van der Waals surface area contributed by atoms with Crippen LogP contribution in [0.5, 0.6) is 0 Å². The van der Waals surface area contributed by atoms with E-state index in [9.17, 15) is 14.4 Å². The molecule has 1 saturated carbocycles. The van der Waals surface area contributed by atoms with Crippen LogP contribution in [0.2, 0.25) is 0 Å². The second kappa shape index (κ2) is 9.16. The Hall–Kier alpha value is -2.77. The molecule has 1 N–H and O–H groups in total. The minimum Gasteiger partial charge on any atom is -0.467 e. The van der Waals surface area contributed by atoms with Crippen molar-refractivity contribution in [1.29, 1.82) is 0 Å². The predicted octanol–water partition coefficient (Wildman–Crippen LogP) is 3.49. The highest BCUT2D eigenvalue weighted by Crippen LogP contribution is 2.53. The van der Waals surface area contributed by atoms with Crippen molar-refractivity contribution in [3.05, 3.63) is 35.9 Å². The van der Waals surface area contributed by atoms with Crippen LogP contribution in [0, 0.1) is 11.3 Å². The Morgan fingerprint density at radius 2 is 1.81 bits per heavy atom. The van der Waals surface area contributed by atoms with Gasteiger partial charge in [-0.1, -0.05) is 30.3 Å². The van der Waals surface area contributed by atoms with Crippen molar-refractivity contribution in [3.63, 3.8) is 0 Å². The Morgan fingerprint density at radius 3 is 2.39 bits per heavy atom. The lowest BCUT2D eigenvalue weighted by molar-refractivity contribution is -0.145. The van der Waals surface area contributed by atoms with Gasteiger partial charge in [-0.2, -0.15) is 0 Å². The lowest BCUT2D eigenvalue weighted by Crippen LogP contribution is -2.64. The number of carbonyl (C=O) groups is 3. The summed E-state index contributed by atoms with van der Waals surface area (Å²) in [5.41, 5.74) is 0.472. The molecular weight excluding hydrogens is 400 g/mol. The first-order valence-corrected chi connectivity index (χ1v) is 10.6. The Kier molecular flexibility index (Phi) is 6.77. The van der Waals surface area contributed by atoms with E-state index in [1.165, 1.54) is 7.11 Å². The van der Waals surface area contributed by atoms with Gasteiger partial charge in [0.05, 0.1) is 7.11 Å². The Balaban J connectivity index is 1.43. The zero-order valence-electron chi connectivity index (χ0n) is 18.7. The molecule has 0 bridgehead atoms. The lowest BCUT2D eigenvalue weighted by atomic mass is 9.56. The average molecular weight is 433 g/mol. The number of likely N-dealkylation sites (tertiary alicyclic amines) is 1. The monoisotopic (exact) mass is 432 g/mol. The third-order valence-corrected chi connectivity index (χ3v) is 5.71. The highest BCUT2D eigenvalue weighted by atomic mass is 16.6. The van der Waals surface area contributed by atoms with Crippen LogP contribution in [0.4, 0.5) is 9.59 Å². The van der Waals surface area contributed by atoms with Gasteiger partial charge in [0.15, 0.2) is 0 Å². The SMILES string of the molecule is COC(=O)C(CC1CC2(C1)CN(C(=O)OC(C)(C)C)C2)NC(=O)OCc1ccccc1. The van der Waals surface area contributed by atoms with E-state index in [0.29, 0.717) is 19.5 Å². The number of hydrogen-bond acceptors (Lipinski definition) is 6. The molecule has 1 spiro atoms. The minimum absolute atomic E-state index is 0.107. The fourth-order valence-corrected chi connectivity index (χ4v) is 4.41. The first kappa shape index (κ1) is 22.9. The molecule has 1 aliphatic carbocycles. The summed E-state index contributed by atoms with van der Waals surface area (Å²) in [6.07, 6.45) is 1.37. The average Bonchev–Trinajstić information content (AvgIpc) is 2.64. The molecule has 3 rings (SSSR count). The molecule has 0 aromatic heterocycles. The number of esters is 1. The summed E-state index contributed by atoms with van der Waals surface area (Å²) in [6.45, 7) is 7.04. The summed E-state index contributed by atoms with van der Waals surface area (Å²) < 4.78 is 15.5. The molecule has 1 saturated heterocycles. The Bertz CT molecular complexity index is 790. The molecule has 31 heavy (non-hydrogen) atoms. The third-order valence-electron chi connectivity index (χ3n) is 5.71. The van der Waals surface area contributed by atoms with Crippen LogP contribution in [0.15, 0.2) is 30.3 Å². The van der Waals surface area contributed by atoms with E-state index < -0.39 is 23.7 Å². The van der Waals surface area contributed by atoms with Crippen LogP contribution in [0.1, 0.15) is 45.6 Å². The predicted molar refractivity (Wildman–Crippen MR) is 113 cm³/mol. The molecule has 1 aliphatic heterocycles. The van der Waals surface area contributed by atoms with Crippen molar-refractivity contribution in [1.82, 2.24) is 10.2 Å². The number of nitrogens with one attached hydrogen (secondary N) is 1. The molecule has 170 valence electrons. The summed E-state index contributed by atoms with van der Waals surface area (Å²) >= 11 is 0. The van der Waals surface area contributed by atoms with Crippen LogP contribution >= 0.6 is 0 Å². The largest absolute Gasteiger partial charge is 0.467 e. The Morgan fingerprint density at radius 1 is 1.16 bits per heavy atom. The van der Waals surface area contributed by atoms with E-state index in [1.807, 2.05) is 51.1 Å². The van der Waals surface area contributed by atoms with Gasteiger partial charge in [0.1, 0.15) is 18.2 Å². The number of alkyl carbamates (subject to hydrolysis) is 1. The van der Waals surface area contributed by atoms with Gasteiger partial charge in [0.2, 0.25) is 0 Å². The summed E-state index contributed by atoms with van der Waals surface area (Å²) in [7, 11) is 1.30. The molecule has 1 unspecified atom stereocenters. The number of nitrogens with zero attached hydrogens (tertiary/aromatic N) is 1. The summed E-state index contributed by atoms with van der Waals surface area (Å²) in [5.74, 6) is -0.207. The number of amides is 2. The second-order valence-electron chi connectivity index (χ2n) is 9.63. The molecular formula is C23H32N2O6. The van der Waals surface area contributed by atoms with E-state index in [2.05, 4.69) is 5.32 Å². The Labute approximate surface area is 183 Å². The van der Waals surface area contributed by atoms with Crippen molar-refractivity contribution in [2.75, 3.05) is 20.2 Å². The number of methoxy groups -OCH3 is 1. The van der Waals surface area contributed by atoms with Gasteiger partial charge in [-0.3, -0.25) is 0 Å². The van der Waals surface area contributed by atoms with Gasteiger partial charge in [-0.05, 0) is 51.5 Å². The normalized spacial score (nSPS) is 18.4. The number of rotatable bonds is 6. The van der Waals surface area contributed by atoms with Crippen LogP contribution < -0.4 is 5.32 Å². The summed E-state index contributed by atoms with van der Waals surface area (Å²) in [6, 6.07) is 8.58. The highest BCUT2D eigenvalue weighted by Gasteiger charge is 2.54. The van der Waals surface area contributed by atoms with E-state index in [-0.39, 0.29) is 24.0 Å². The van der Waals surface area contributed by atoms with Crippen molar-refractivity contribution in [2.24, 2.45) is 11.3 Å². The van der Waals surface area contributed by atoms with Crippen molar-refractivity contribution >= 4 is 18.2 Å².